The SMILES string of the molecule is CCn1c(=O)c(C(=O)Nc2ccc(-c3nc4ccccc4s3)cc2)c(O)c2ccccc21. The number of amides is 1. The Morgan fingerprint density at radius 2 is 1.75 bits per heavy atom. The Bertz CT molecular complexity index is 1500. The average molecular weight is 442 g/mol. The molecule has 0 spiro atoms. The van der Waals surface area contributed by atoms with Gasteiger partial charge in [0, 0.05) is 23.2 Å². The first-order chi connectivity index (χ1) is 15.6. The van der Waals surface area contributed by atoms with Crippen LogP contribution in [-0.2, 0) is 6.54 Å². The molecule has 0 radical (unpaired) electrons. The molecule has 5 rings (SSSR count). The third kappa shape index (κ3) is 3.33. The number of thiazole rings is 1. The molecule has 5 aromatic rings. The molecule has 2 heterocycles. The van der Waals surface area contributed by atoms with E-state index in [0.29, 0.717) is 23.1 Å². The molecule has 1 amide bonds. The molecule has 0 unspecified atom stereocenters. The number of pyridine rings is 1. The van der Waals surface area contributed by atoms with E-state index in [1.54, 1.807) is 47.7 Å². The number of aromatic nitrogens is 2. The number of nitrogens with one attached hydrogen (secondary N) is 1. The Kier molecular flexibility index (Phi) is 4.95. The average Bonchev–Trinajstić information content (AvgIpc) is 3.24. The highest BCUT2D eigenvalue weighted by Crippen LogP contribution is 2.31. The highest BCUT2D eigenvalue weighted by atomic mass is 32.1. The zero-order valence-corrected chi connectivity index (χ0v) is 18.0. The van der Waals surface area contributed by atoms with Crippen molar-refractivity contribution in [3.63, 3.8) is 0 Å². The molecule has 2 aromatic heterocycles. The van der Waals surface area contributed by atoms with Crippen LogP contribution in [0.4, 0.5) is 5.69 Å². The highest BCUT2D eigenvalue weighted by Gasteiger charge is 2.22. The maximum absolute atomic E-state index is 12.9. The topological polar surface area (TPSA) is 84.2 Å². The van der Waals surface area contributed by atoms with Crippen molar-refractivity contribution in [3.8, 4) is 16.3 Å². The van der Waals surface area contributed by atoms with E-state index in [9.17, 15) is 14.7 Å². The van der Waals surface area contributed by atoms with Crippen molar-refractivity contribution in [3.05, 3.63) is 88.7 Å². The Morgan fingerprint density at radius 3 is 2.50 bits per heavy atom. The van der Waals surface area contributed by atoms with Crippen LogP contribution in [0.5, 0.6) is 5.75 Å². The van der Waals surface area contributed by atoms with Gasteiger partial charge in [-0.3, -0.25) is 9.59 Å². The minimum Gasteiger partial charge on any atom is -0.506 e. The maximum atomic E-state index is 12.9. The largest absolute Gasteiger partial charge is 0.506 e. The fourth-order valence-corrected chi connectivity index (χ4v) is 4.76. The van der Waals surface area contributed by atoms with Gasteiger partial charge in [-0.2, -0.15) is 0 Å². The van der Waals surface area contributed by atoms with Gasteiger partial charge in [0.15, 0.2) is 0 Å². The minimum atomic E-state index is -0.645. The van der Waals surface area contributed by atoms with E-state index in [1.165, 1.54) is 4.57 Å². The number of hydrogen-bond acceptors (Lipinski definition) is 5. The van der Waals surface area contributed by atoms with Crippen molar-refractivity contribution in [2.45, 2.75) is 13.5 Å². The molecule has 6 nitrogen and oxygen atoms in total. The van der Waals surface area contributed by atoms with Gasteiger partial charge in [0.1, 0.15) is 16.3 Å². The van der Waals surface area contributed by atoms with Gasteiger partial charge in [-0.05, 0) is 55.5 Å². The maximum Gasteiger partial charge on any atom is 0.267 e. The molecule has 2 N–H and O–H groups in total. The van der Waals surface area contributed by atoms with Crippen LogP contribution in [0.2, 0.25) is 0 Å². The number of para-hydroxylation sites is 2. The van der Waals surface area contributed by atoms with Crippen LogP contribution < -0.4 is 10.9 Å². The fourth-order valence-electron chi connectivity index (χ4n) is 3.79. The molecule has 0 fully saturated rings. The molecule has 7 heteroatoms. The lowest BCUT2D eigenvalue weighted by atomic mass is 10.1. The second-order valence-corrected chi connectivity index (χ2v) is 8.34. The number of anilines is 1. The number of carbonyl (C=O) groups excluding carboxylic acids is 1. The van der Waals surface area contributed by atoms with Gasteiger partial charge in [-0.1, -0.05) is 24.3 Å². The van der Waals surface area contributed by atoms with Crippen LogP contribution in [0.1, 0.15) is 17.3 Å². The van der Waals surface area contributed by atoms with Gasteiger partial charge in [-0.25, -0.2) is 4.98 Å². The van der Waals surface area contributed by atoms with Crippen molar-refractivity contribution in [1.29, 1.82) is 0 Å². The number of fused-ring (bicyclic) bond motifs is 2. The summed E-state index contributed by atoms with van der Waals surface area (Å²) in [6.07, 6.45) is 0. The van der Waals surface area contributed by atoms with E-state index in [1.807, 2.05) is 43.3 Å². The molecule has 0 saturated carbocycles. The van der Waals surface area contributed by atoms with Gasteiger partial charge in [0.05, 0.1) is 15.7 Å². The lowest BCUT2D eigenvalue weighted by molar-refractivity contribution is 0.102. The van der Waals surface area contributed by atoms with Gasteiger partial charge >= 0.3 is 0 Å². The highest BCUT2D eigenvalue weighted by molar-refractivity contribution is 7.21. The molecular formula is C25H19N3O3S. The van der Waals surface area contributed by atoms with Gasteiger partial charge < -0.3 is 15.0 Å². The molecule has 0 aliphatic heterocycles. The summed E-state index contributed by atoms with van der Waals surface area (Å²) < 4.78 is 2.60. The quantitative estimate of drug-likeness (QED) is 0.399. The number of hydrogen-bond donors (Lipinski definition) is 2. The van der Waals surface area contributed by atoms with Crippen LogP contribution in [0.15, 0.2) is 77.6 Å². The Balaban J connectivity index is 1.46. The standard InChI is InChI=1S/C25H19N3O3S/c1-2-28-19-9-5-3-7-17(19)22(29)21(25(28)31)23(30)26-16-13-11-15(12-14-16)24-27-18-8-4-6-10-20(18)32-24/h3-14,29H,2H2,1H3,(H,26,30). The van der Waals surface area contributed by atoms with E-state index >= 15 is 0 Å². The first-order valence-electron chi connectivity index (χ1n) is 10.2. The molecule has 0 aliphatic rings. The monoisotopic (exact) mass is 441 g/mol. The molecule has 0 aliphatic carbocycles. The summed E-state index contributed by atoms with van der Waals surface area (Å²) >= 11 is 1.60. The number of aromatic hydroxyl groups is 1. The summed E-state index contributed by atoms with van der Waals surface area (Å²) in [5.41, 5.74) is 2.21. The van der Waals surface area contributed by atoms with Crippen molar-refractivity contribution in [1.82, 2.24) is 9.55 Å². The van der Waals surface area contributed by atoms with E-state index < -0.39 is 11.5 Å². The molecule has 0 saturated heterocycles. The van der Waals surface area contributed by atoms with Crippen LogP contribution in [0.3, 0.4) is 0 Å². The van der Waals surface area contributed by atoms with Crippen molar-refractivity contribution in [2.75, 3.05) is 5.32 Å². The summed E-state index contributed by atoms with van der Waals surface area (Å²) in [4.78, 5) is 30.5. The molecule has 3 aromatic carbocycles. The number of rotatable bonds is 4. The van der Waals surface area contributed by atoms with Gasteiger partial charge in [0.2, 0.25) is 0 Å². The normalized spacial score (nSPS) is 11.2. The number of aryl methyl sites for hydroxylation is 1. The first-order valence-corrected chi connectivity index (χ1v) is 11.0. The molecule has 32 heavy (non-hydrogen) atoms. The number of nitrogens with zero attached hydrogens (tertiary/aromatic N) is 2. The number of benzene rings is 3. The third-order valence-electron chi connectivity index (χ3n) is 5.37. The van der Waals surface area contributed by atoms with E-state index in [4.69, 9.17) is 0 Å². The fraction of sp³-hybridized carbons (Fsp3) is 0.0800. The van der Waals surface area contributed by atoms with Crippen LogP contribution in [0.25, 0.3) is 31.7 Å². The molecular weight excluding hydrogens is 422 g/mol. The molecule has 158 valence electrons. The summed E-state index contributed by atoms with van der Waals surface area (Å²) in [6.45, 7) is 2.21. The zero-order valence-electron chi connectivity index (χ0n) is 17.2. The summed E-state index contributed by atoms with van der Waals surface area (Å²) in [7, 11) is 0. The van der Waals surface area contributed by atoms with Gasteiger partial charge in [-0.15, -0.1) is 11.3 Å². The lowest BCUT2D eigenvalue weighted by Crippen LogP contribution is -2.29. The summed E-state index contributed by atoms with van der Waals surface area (Å²) in [5, 5.41) is 14.8. The van der Waals surface area contributed by atoms with E-state index in [2.05, 4.69) is 10.3 Å². The van der Waals surface area contributed by atoms with Crippen molar-refractivity contribution >= 4 is 44.1 Å². The van der Waals surface area contributed by atoms with Crippen LogP contribution in [-0.4, -0.2) is 20.6 Å². The minimum absolute atomic E-state index is 0.263. The Labute approximate surface area is 187 Å². The number of carbonyl (C=O) groups is 1. The van der Waals surface area contributed by atoms with E-state index in [-0.39, 0.29) is 11.3 Å². The lowest BCUT2D eigenvalue weighted by Gasteiger charge is -2.13. The van der Waals surface area contributed by atoms with Gasteiger partial charge in [0.25, 0.3) is 11.5 Å². The zero-order chi connectivity index (χ0) is 22.2. The summed E-state index contributed by atoms with van der Waals surface area (Å²) in [6, 6.07) is 22.2. The first kappa shape index (κ1) is 20.0. The summed E-state index contributed by atoms with van der Waals surface area (Å²) in [5.74, 6) is -0.952. The second kappa shape index (κ2) is 7.94. The predicted molar refractivity (Wildman–Crippen MR) is 129 cm³/mol. The van der Waals surface area contributed by atoms with E-state index in [0.717, 1.165) is 20.8 Å². The predicted octanol–water partition coefficient (Wildman–Crippen LogP) is 5.26. The Morgan fingerprint density at radius 1 is 1.03 bits per heavy atom. The van der Waals surface area contributed by atoms with Crippen molar-refractivity contribution in [2.24, 2.45) is 0 Å². The van der Waals surface area contributed by atoms with Crippen LogP contribution in [0, 0.1) is 0 Å². The smallest absolute Gasteiger partial charge is 0.267 e. The third-order valence-corrected chi connectivity index (χ3v) is 6.46. The second-order valence-electron chi connectivity index (χ2n) is 7.31. The van der Waals surface area contributed by atoms with Crippen LogP contribution >= 0.6 is 11.3 Å². The molecule has 0 atom stereocenters. The Hall–Kier alpha value is -3.97. The molecule has 0 bridgehead atoms. The van der Waals surface area contributed by atoms with Crippen molar-refractivity contribution < 1.29 is 9.90 Å².